The summed E-state index contributed by atoms with van der Waals surface area (Å²) in [6.45, 7) is 4.15. The van der Waals surface area contributed by atoms with Crippen LogP contribution in [0.15, 0.2) is 80.4 Å². The van der Waals surface area contributed by atoms with Gasteiger partial charge in [0.15, 0.2) is 0 Å². The number of hydrogen-bond acceptors (Lipinski definition) is 2. The third-order valence-corrected chi connectivity index (χ3v) is 5.23. The first kappa shape index (κ1) is 16.8. The first-order valence-corrected chi connectivity index (χ1v) is 9.23. The molecule has 4 rings (SSSR count). The fourth-order valence-electron chi connectivity index (χ4n) is 3.60. The lowest BCUT2D eigenvalue weighted by Gasteiger charge is -2.15. The molecule has 0 aliphatic carbocycles. The van der Waals surface area contributed by atoms with Crippen LogP contribution in [0.3, 0.4) is 0 Å². The van der Waals surface area contributed by atoms with E-state index < -0.39 is 0 Å². The molecule has 2 nitrogen and oxygen atoms in total. The molecule has 0 radical (unpaired) electrons. The summed E-state index contributed by atoms with van der Waals surface area (Å²) in [5.74, 6) is 0. The van der Waals surface area contributed by atoms with Crippen LogP contribution >= 0.6 is 15.9 Å². The lowest BCUT2D eigenvalue weighted by molar-refractivity contribution is 0.561. The van der Waals surface area contributed by atoms with Gasteiger partial charge >= 0.3 is 5.63 Å². The van der Waals surface area contributed by atoms with Crippen LogP contribution in [-0.2, 0) is 0 Å². The molecule has 1 heterocycles. The van der Waals surface area contributed by atoms with E-state index in [-0.39, 0.29) is 5.63 Å². The number of rotatable bonds is 2. The summed E-state index contributed by atoms with van der Waals surface area (Å²) in [5.41, 5.74) is 6.76. The lowest BCUT2D eigenvalue weighted by atomic mass is 9.90. The molecule has 0 spiro atoms. The maximum atomic E-state index is 12.1. The lowest BCUT2D eigenvalue weighted by Crippen LogP contribution is -2.01. The highest BCUT2D eigenvalue weighted by atomic mass is 79.9. The SMILES string of the molecule is Cc1cc2oc(=O)cc(-c3ccccc3)c2c(C)c1-c1ccc(Br)cc1. The maximum absolute atomic E-state index is 12.1. The Labute approximate surface area is 160 Å². The number of benzene rings is 3. The van der Waals surface area contributed by atoms with E-state index >= 15 is 0 Å². The van der Waals surface area contributed by atoms with Crippen LogP contribution in [0.4, 0.5) is 0 Å². The average Bonchev–Trinajstić information content (AvgIpc) is 2.63. The Morgan fingerprint density at radius 1 is 0.846 bits per heavy atom. The topological polar surface area (TPSA) is 30.2 Å². The van der Waals surface area contributed by atoms with Gasteiger partial charge in [0.2, 0.25) is 0 Å². The van der Waals surface area contributed by atoms with Gasteiger partial charge in [-0.05, 0) is 59.9 Å². The molecule has 0 bridgehead atoms. The summed E-state index contributed by atoms with van der Waals surface area (Å²) in [6.07, 6.45) is 0. The van der Waals surface area contributed by atoms with Crippen LogP contribution in [-0.4, -0.2) is 0 Å². The summed E-state index contributed by atoms with van der Waals surface area (Å²) in [4.78, 5) is 12.1. The van der Waals surface area contributed by atoms with Gasteiger partial charge in [-0.25, -0.2) is 4.79 Å². The zero-order chi connectivity index (χ0) is 18.3. The number of halogens is 1. The van der Waals surface area contributed by atoms with Crippen LogP contribution in [0.5, 0.6) is 0 Å². The van der Waals surface area contributed by atoms with Crippen molar-refractivity contribution >= 4 is 26.9 Å². The molecule has 0 N–H and O–H groups in total. The van der Waals surface area contributed by atoms with E-state index in [4.69, 9.17) is 4.42 Å². The van der Waals surface area contributed by atoms with Gasteiger partial charge < -0.3 is 4.42 Å². The van der Waals surface area contributed by atoms with Crippen LogP contribution < -0.4 is 5.63 Å². The van der Waals surface area contributed by atoms with E-state index in [1.165, 1.54) is 5.56 Å². The number of fused-ring (bicyclic) bond motifs is 1. The van der Waals surface area contributed by atoms with Crippen molar-refractivity contribution in [3.05, 3.63) is 92.7 Å². The van der Waals surface area contributed by atoms with Gasteiger partial charge in [-0.3, -0.25) is 0 Å². The molecule has 0 unspecified atom stereocenters. The van der Waals surface area contributed by atoms with E-state index in [1.54, 1.807) is 6.07 Å². The van der Waals surface area contributed by atoms with E-state index in [1.807, 2.05) is 48.5 Å². The summed E-state index contributed by atoms with van der Waals surface area (Å²) in [7, 11) is 0. The highest BCUT2D eigenvalue weighted by Gasteiger charge is 2.16. The normalized spacial score (nSPS) is 11.0. The number of aryl methyl sites for hydroxylation is 2. The molecule has 4 aromatic rings. The molecule has 0 aliphatic heterocycles. The fourth-order valence-corrected chi connectivity index (χ4v) is 3.86. The highest BCUT2D eigenvalue weighted by Crippen LogP contribution is 2.37. The Kier molecular flexibility index (Phi) is 4.25. The van der Waals surface area contributed by atoms with Crippen molar-refractivity contribution in [1.82, 2.24) is 0 Å². The second-order valence-electron chi connectivity index (χ2n) is 6.42. The highest BCUT2D eigenvalue weighted by molar-refractivity contribution is 9.10. The Morgan fingerprint density at radius 2 is 1.54 bits per heavy atom. The third-order valence-electron chi connectivity index (χ3n) is 4.70. The average molecular weight is 405 g/mol. The van der Waals surface area contributed by atoms with Crippen molar-refractivity contribution in [2.24, 2.45) is 0 Å². The van der Waals surface area contributed by atoms with Gasteiger partial charge in [-0.1, -0.05) is 58.4 Å². The molecular weight excluding hydrogens is 388 g/mol. The molecule has 26 heavy (non-hydrogen) atoms. The Bertz CT molecular complexity index is 1160. The molecule has 3 aromatic carbocycles. The van der Waals surface area contributed by atoms with E-state index in [2.05, 4.69) is 41.9 Å². The first-order chi connectivity index (χ1) is 12.5. The fraction of sp³-hybridized carbons (Fsp3) is 0.0870. The molecule has 3 heteroatoms. The zero-order valence-electron chi connectivity index (χ0n) is 14.5. The van der Waals surface area contributed by atoms with Crippen LogP contribution in [0.2, 0.25) is 0 Å². The number of hydrogen-bond donors (Lipinski definition) is 0. The third kappa shape index (κ3) is 2.89. The summed E-state index contributed by atoms with van der Waals surface area (Å²) >= 11 is 3.50. The van der Waals surface area contributed by atoms with Gasteiger partial charge in [0.25, 0.3) is 0 Å². The minimum Gasteiger partial charge on any atom is -0.423 e. The quantitative estimate of drug-likeness (QED) is 0.356. The Balaban J connectivity index is 2.09. The molecule has 0 saturated heterocycles. The first-order valence-electron chi connectivity index (χ1n) is 8.44. The molecule has 0 fully saturated rings. The molecule has 1 aromatic heterocycles. The second kappa shape index (κ2) is 6.58. The summed E-state index contributed by atoms with van der Waals surface area (Å²) < 4.78 is 6.58. The van der Waals surface area contributed by atoms with E-state index in [0.29, 0.717) is 5.58 Å². The summed E-state index contributed by atoms with van der Waals surface area (Å²) in [6, 6.07) is 21.8. The molecule has 128 valence electrons. The van der Waals surface area contributed by atoms with Gasteiger partial charge in [0.05, 0.1) is 0 Å². The maximum Gasteiger partial charge on any atom is 0.336 e. The van der Waals surface area contributed by atoms with Crippen molar-refractivity contribution in [1.29, 1.82) is 0 Å². The van der Waals surface area contributed by atoms with Crippen molar-refractivity contribution < 1.29 is 4.42 Å². The second-order valence-corrected chi connectivity index (χ2v) is 7.33. The molecule has 0 aliphatic rings. The van der Waals surface area contributed by atoms with Gasteiger partial charge in [0.1, 0.15) is 5.58 Å². The zero-order valence-corrected chi connectivity index (χ0v) is 16.1. The van der Waals surface area contributed by atoms with Gasteiger partial charge in [-0.15, -0.1) is 0 Å². The monoisotopic (exact) mass is 404 g/mol. The summed E-state index contributed by atoms with van der Waals surface area (Å²) in [5, 5.41) is 0.985. The van der Waals surface area contributed by atoms with E-state index in [0.717, 1.165) is 37.7 Å². The largest absolute Gasteiger partial charge is 0.423 e. The predicted octanol–water partition coefficient (Wildman–Crippen LogP) is 6.51. The van der Waals surface area contributed by atoms with Gasteiger partial charge in [0, 0.05) is 21.5 Å². The molecule has 0 amide bonds. The van der Waals surface area contributed by atoms with Crippen molar-refractivity contribution in [2.75, 3.05) is 0 Å². The van der Waals surface area contributed by atoms with E-state index in [9.17, 15) is 4.79 Å². The smallest absolute Gasteiger partial charge is 0.336 e. The van der Waals surface area contributed by atoms with Crippen molar-refractivity contribution in [2.45, 2.75) is 13.8 Å². The molecular formula is C23H17BrO2. The van der Waals surface area contributed by atoms with Crippen LogP contribution in [0.25, 0.3) is 33.2 Å². The van der Waals surface area contributed by atoms with Crippen molar-refractivity contribution in [3.8, 4) is 22.3 Å². The minimum absolute atomic E-state index is 0.327. The Hall–Kier alpha value is -2.65. The van der Waals surface area contributed by atoms with Crippen LogP contribution in [0.1, 0.15) is 11.1 Å². The van der Waals surface area contributed by atoms with Crippen LogP contribution in [0, 0.1) is 13.8 Å². The minimum atomic E-state index is -0.327. The van der Waals surface area contributed by atoms with Crippen molar-refractivity contribution in [3.63, 3.8) is 0 Å². The van der Waals surface area contributed by atoms with Gasteiger partial charge in [-0.2, -0.15) is 0 Å². The molecule has 0 saturated carbocycles. The predicted molar refractivity (Wildman–Crippen MR) is 111 cm³/mol. The molecule has 0 atom stereocenters. The standard InChI is InChI=1S/C23H17BrO2/c1-14-12-20-23(15(2)22(14)17-8-10-18(24)11-9-17)19(13-21(25)26-20)16-6-4-3-5-7-16/h3-13H,1-2H3. The Morgan fingerprint density at radius 3 is 2.23 bits per heavy atom.